The number of ether oxygens (including phenoxy) is 1. The van der Waals surface area contributed by atoms with Crippen molar-refractivity contribution in [3.8, 4) is 5.75 Å². The van der Waals surface area contributed by atoms with Gasteiger partial charge in [0.25, 0.3) is 5.91 Å². The summed E-state index contributed by atoms with van der Waals surface area (Å²) in [5.41, 5.74) is 2.56. The lowest BCUT2D eigenvalue weighted by Crippen LogP contribution is -2.32. The molecule has 1 heterocycles. The van der Waals surface area contributed by atoms with Crippen molar-refractivity contribution in [2.45, 2.75) is 12.8 Å². The number of rotatable bonds is 6. The number of anilines is 1. The highest BCUT2D eigenvalue weighted by molar-refractivity contribution is 6.39. The Morgan fingerprint density at radius 2 is 1.83 bits per heavy atom. The lowest BCUT2D eigenvalue weighted by atomic mass is 10.2. The van der Waals surface area contributed by atoms with Gasteiger partial charge < -0.3 is 15.0 Å². The summed E-state index contributed by atoms with van der Waals surface area (Å²) in [6.07, 6.45) is 3.35. The lowest BCUT2D eigenvalue weighted by Gasteiger charge is -2.15. The third kappa shape index (κ3) is 5.87. The van der Waals surface area contributed by atoms with Crippen molar-refractivity contribution in [1.29, 1.82) is 0 Å². The van der Waals surface area contributed by atoms with Crippen molar-refractivity contribution < 1.29 is 23.5 Å². The normalized spacial score (nSPS) is 13.3. The monoisotopic (exact) mass is 412 g/mol. The molecule has 0 atom stereocenters. The quantitative estimate of drug-likeness (QED) is 0.430. The van der Waals surface area contributed by atoms with Crippen LogP contribution in [-0.4, -0.2) is 48.5 Å². The van der Waals surface area contributed by atoms with E-state index < -0.39 is 17.6 Å². The molecule has 2 aromatic rings. The van der Waals surface area contributed by atoms with Gasteiger partial charge in [-0.3, -0.25) is 14.4 Å². The molecule has 156 valence electrons. The molecule has 2 N–H and O–H groups in total. The molecule has 0 aliphatic carbocycles. The molecule has 0 radical (unpaired) electrons. The second-order valence-electron chi connectivity index (χ2n) is 6.58. The Morgan fingerprint density at radius 3 is 2.60 bits per heavy atom. The molecule has 30 heavy (non-hydrogen) atoms. The number of carbonyl (C=O) groups excluding carboxylic acids is 3. The van der Waals surface area contributed by atoms with Crippen molar-refractivity contribution in [3.63, 3.8) is 0 Å². The first kappa shape index (κ1) is 21.0. The third-order valence-corrected chi connectivity index (χ3v) is 4.39. The topological polar surface area (TPSA) is 100 Å². The molecule has 2 aromatic carbocycles. The lowest BCUT2D eigenvalue weighted by molar-refractivity contribution is -0.136. The summed E-state index contributed by atoms with van der Waals surface area (Å²) >= 11 is 0. The molecule has 3 rings (SSSR count). The van der Waals surface area contributed by atoms with Crippen molar-refractivity contribution in [2.24, 2.45) is 5.10 Å². The number of likely N-dealkylation sites (tertiary alicyclic amines) is 1. The second-order valence-corrected chi connectivity index (χ2v) is 6.58. The summed E-state index contributed by atoms with van der Waals surface area (Å²) in [6, 6.07) is 12.3. The molecule has 9 heteroatoms. The summed E-state index contributed by atoms with van der Waals surface area (Å²) < 4.78 is 19.0. The number of hydrogen-bond donors (Lipinski definition) is 2. The molecule has 0 spiro atoms. The van der Waals surface area contributed by atoms with Gasteiger partial charge in [-0.1, -0.05) is 24.3 Å². The van der Waals surface area contributed by atoms with Crippen molar-refractivity contribution in [2.75, 3.05) is 25.0 Å². The fourth-order valence-corrected chi connectivity index (χ4v) is 2.85. The fraction of sp³-hybridized carbons (Fsp3) is 0.238. The second kappa shape index (κ2) is 10.1. The van der Waals surface area contributed by atoms with E-state index in [1.54, 1.807) is 29.2 Å². The van der Waals surface area contributed by atoms with Crippen LogP contribution in [0.5, 0.6) is 5.75 Å². The number of halogens is 1. The molecule has 3 amide bonds. The van der Waals surface area contributed by atoms with Gasteiger partial charge >= 0.3 is 11.8 Å². The van der Waals surface area contributed by atoms with Gasteiger partial charge in [-0.15, -0.1) is 0 Å². The fourth-order valence-electron chi connectivity index (χ4n) is 2.85. The zero-order valence-electron chi connectivity index (χ0n) is 16.1. The van der Waals surface area contributed by atoms with Gasteiger partial charge in [0, 0.05) is 13.1 Å². The summed E-state index contributed by atoms with van der Waals surface area (Å²) in [5, 5.41) is 5.88. The first-order valence-corrected chi connectivity index (χ1v) is 9.42. The molecule has 1 aliphatic heterocycles. The zero-order chi connectivity index (χ0) is 21.3. The van der Waals surface area contributed by atoms with E-state index in [1.807, 2.05) is 0 Å². The van der Waals surface area contributed by atoms with Crippen molar-refractivity contribution in [3.05, 3.63) is 59.9 Å². The minimum absolute atomic E-state index is 0.0481. The highest BCUT2D eigenvalue weighted by Gasteiger charge is 2.18. The number of nitrogens with zero attached hydrogens (tertiary/aromatic N) is 2. The van der Waals surface area contributed by atoms with Crippen molar-refractivity contribution >= 4 is 29.6 Å². The van der Waals surface area contributed by atoms with Crippen molar-refractivity contribution in [1.82, 2.24) is 10.3 Å². The van der Waals surface area contributed by atoms with E-state index in [2.05, 4.69) is 15.8 Å². The predicted octanol–water partition coefficient (Wildman–Crippen LogP) is 1.92. The zero-order valence-corrected chi connectivity index (χ0v) is 16.1. The number of benzene rings is 2. The Bertz CT molecular complexity index is 958. The van der Waals surface area contributed by atoms with E-state index in [-0.39, 0.29) is 18.2 Å². The molecule has 1 aliphatic rings. The highest BCUT2D eigenvalue weighted by atomic mass is 19.1. The van der Waals surface area contributed by atoms with Crippen LogP contribution in [0, 0.1) is 5.82 Å². The van der Waals surface area contributed by atoms with Gasteiger partial charge in [0.1, 0.15) is 11.6 Å². The maximum Gasteiger partial charge on any atom is 0.329 e. The Hall–Kier alpha value is -3.75. The SMILES string of the molecule is O=C(N/N=C\c1cccc(OCC(=O)N2CCCC2)c1)C(=O)Nc1ccccc1F. The van der Waals surface area contributed by atoms with Crippen LogP contribution in [0.25, 0.3) is 0 Å². The maximum atomic E-state index is 13.5. The number of hydrogen-bond acceptors (Lipinski definition) is 5. The molecule has 8 nitrogen and oxygen atoms in total. The molecule has 0 unspecified atom stereocenters. The molecule has 1 saturated heterocycles. The summed E-state index contributed by atoms with van der Waals surface area (Å²) in [7, 11) is 0. The van der Waals surface area contributed by atoms with E-state index in [4.69, 9.17) is 4.74 Å². The van der Waals surface area contributed by atoms with E-state index in [0.717, 1.165) is 25.9 Å². The third-order valence-electron chi connectivity index (χ3n) is 4.39. The van der Waals surface area contributed by atoms with Gasteiger partial charge in [0.15, 0.2) is 6.61 Å². The number of hydrazone groups is 1. The first-order valence-electron chi connectivity index (χ1n) is 9.42. The summed E-state index contributed by atoms with van der Waals surface area (Å²) in [6.45, 7) is 1.48. The summed E-state index contributed by atoms with van der Waals surface area (Å²) in [4.78, 5) is 37.4. The standard InChI is InChI=1S/C21H21FN4O4/c22-17-8-1-2-9-18(17)24-20(28)21(29)25-23-13-15-6-5-7-16(12-15)30-14-19(27)26-10-3-4-11-26/h1-2,5-9,12-13H,3-4,10-11,14H2,(H,24,28)(H,25,29)/b23-13-. The average Bonchev–Trinajstić information content (AvgIpc) is 3.29. The molecule has 1 fully saturated rings. The van der Waals surface area contributed by atoms with E-state index in [1.165, 1.54) is 30.5 Å². The van der Waals surface area contributed by atoms with Gasteiger partial charge in [-0.2, -0.15) is 5.10 Å². The predicted molar refractivity (Wildman–Crippen MR) is 109 cm³/mol. The highest BCUT2D eigenvalue weighted by Crippen LogP contribution is 2.14. The van der Waals surface area contributed by atoms with Crippen LogP contribution in [-0.2, 0) is 14.4 Å². The number of para-hydroxylation sites is 1. The Balaban J connectivity index is 1.49. The van der Waals surface area contributed by atoms with Crippen LogP contribution in [0.4, 0.5) is 10.1 Å². The molecular weight excluding hydrogens is 391 g/mol. The Kier molecular flexibility index (Phi) is 7.09. The van der Waals surface area contributed by atoms with Crippen LogP contribution in [0.2, 0.25) is 0 Å². The first-order chi connectivity index (χ1) is 14.5. The minimum Gasteiger partial charge on any atom is -0.484 e. The largest absolute Gasteiger partial charge is 0.484 e. The average molecular weight is 412 g/mol. The molecule has 0 aromatic heterocycles. The van der Waals surface area contributed by atoms with E-state index in [0.29, 0.717) is 11.3 Å². The molecule has 0 bridgehead atoms. The number of nitrogens with one attached hydrogen (secondary N) is 2. The van der Waals surface area contributed by atoms with Crippen LogP contribution in [0.3, 0.4) is 0 Å². The Morgan fingerprint density at radius 1 is 1.07 bits per heavy atom. The molecular formula is C21H21FN4O4. The van der Waals surface area contributed by atoms with Gasteiger partial charge in [-0.05, 0) is 42.7 Å². The summed E-state index contributed by atoms with van der Waals surface area (Å²) in [5.74, 6) is -2.31. The van der Waals surface area contributed by atoms with Crippen LogP contribution < -0.4 is 15.5 Å². The number of carbonyl (C=O) groups is 3. The maximum absolute atomic E-state index is 13.5. The van der Waals surface area contributed by atoms with E-state index in [9.17, 15) is 18.8 Å². The van der Waals surface area contributed by atoms with Gasteiger partial charge in [-0.25, -0.2) is 9.82 Å². The van der Waals surface area contributed by atoms with Crippen LogP contribution in [0.1, 0.15) is 18.4 Å². The van der Waals surface area contributed by atoms with Gasteiger partial charge in [0.2, 0.25) is 0 Å². The van der Waals surface area contributed by atoms with Gasteiger partial charge in [0.05, 0.1) is 11.9 Å². The Labute approximate surface area is 172 Å². The number of amides is 3. The smallest absolute Gasteiger partial charge is 0.329 e. The minimum atomic E-state index is -1.05. The molecule has 0 saturated carbocycles. The van der Waals surface area contributed by atoms with Crippen LogP contribution >= 0.6 is 0 Å². The van der Waals surface area contributed by atoms with Crippen LogP contribution in [0.15, 0.2) is 53.6 Å². The van der Waals surface area contributed by atoms with E-state index >= 15 is 0 Å².